The maximum absolute atomic E-state index is 14.8. The van der Waals surface area contributed by atoms with Gasteiger partial charge in [-0.2, -0.15) is 5.10 Å². The SMILES string of the molecule is CNC(=O)c1cc(F)c(F)c(-c2cnc3cc(-c4cnn(C)c4)c(O[C@H]4CCOC4)nn23)c1. The van der Waals surface area contributed by atoms with Crippen LogP contribution in [-0.4, -0.2) is 56.7 Å². The molecule has 9 nitrogen and oxygen atoms in total. The van der Waals surface area contributed by atoms with Crippen molar-refractivity contribution >= 4 is 11.6 Å². The molecule has 1 atom stereocenters. The molecule has 0 aliphatic carbocycles. The summed E-state index contributed by atoms with van der Waals surface area (Å²) in [6.07, 6.45) is 5.39. The number of aryl methyl sites for hydroxylation is 1. The van der Waals surface area contributed by atoms with Crippen LogP contribution in [0.25, 0.3) is 28.0 Å². The zero-order valence-corrected chi connectivity index (χ0v) is 17.9. The predicted molar refractivity (Wildman–Crippen MR) is 114 cm³/mol. The average molecular weight is 454 g/mol. The number of carbonyl (C=O) groups is 1. The van der Waals surface area contributed by atoms with Crippen molar-refractivity contribution in [2.45, 2.75) is 12.5 Å². The molecule has 33 heavy (non-hydrogen) atoms. The predicted octanol–water partition coefficient (Wildman–Crippen LogP) is 2.60. The summed E-state index contributed by atoms with van der Waals surface area (Å²) in [5.74, 6) is -2.50. The van der Waals surface area contributed by atoms with Crippen LogP contribution in [0, 0.1) is 11.6 Å². The van der Waals surface area contributed by atoms with Gasteiger partial charge in [-0.05, 0) is 18.2 Å². The number of imidazole rings is 1. The molecule has 0 spiro atoms. The fourth-order valence-electron chi connectivity index (χ4n) is 3.75. The summed E-state index contributed by atoms with van der Waals surface area (Å²) < 4.78 is 43.6. The van der Waals surface area contributed by atoms with Crippen LogP contribution in [0.4, 0.5) is 8.78 Å². The van der Waals surface area contributed by atoms with Gasteiger partial charge in [0.2, 0.25) is 5.88 Å². The first-order chi connectivity index (χ1) is 15.9. The molecule has 4 aromatic rings. The molecule has 1 aromatic carbocycles. The normalized spacial score (nSPS) is 15.8. The van der Waals surface area contributed by atoms with Gasteiger partial charge >= 0.3 is 0 Å². The number of carbonyl (C=O) groups excluding carboxylic acids is 1. The third-order valence-electron chi connectivity index (χ3n) is 5.43. The molecule has 5 rings (SSSR count). The molecule has 1 aliphatic rings. The number of benzene rings is 1. The van der Waals surface area contributed by atoms with Gasteiger partial charge in [0.15, 0.2) is 17.3 Å². The Morgan fingerprint density at radius 3 is 2.79 bits per heavy atom. The highest BCUT2D eigenvalue weighted by Gasteiger charge is 2.24. The van der Waals surface area contributed by atoms with E-state index in [0.29, 0.717) is 30.8 Å². The topological polar surface area (TPSA) is 95.6 Å². The number of hydrogen-bond acceptors (Lipinski definition) is 6. The Morgan fingerprint density at radius 2 is 2.09 bits per heavy atom. The first kappa shape index (κ1) is 21.0. The Hall–Kier alpha value is -3.86. The summed E-state index contributed by atoms with van der Waals surface area (Å²) in [6, 6.07) is 3.86. The number of rotatable bonds is 5. The lowest BCUT2D eigenvalue weighted by atomic mass is 10.1. The molecule has 1 saturated heterocycles. The van der Waals surface area contributed by atoms with E-state index >= 15 is 0 Å². The molecule has 1 N–H and O–H groups in total. The number of hydrogen-bond donors (Lipinski definition) is 1. The highest BCUT2D eigenvalue weighted by Crippen LogP contribution is 2.33. The first-order valence-corrected chi connectivity index (χ1v) is 10.3. The molecule has 1 aliphatic heterocycles. The second-order valence-electron chi connectivity index (χ2n) is 7.68. The summed E-state index contributed by atoms with van der Waals surface area (Å²) in [5.41, 5.74) is 1.84. The number of aromatic nitrogens is 5. The minimum Gasteiger partial charge on any atom is -0.470 e. The molecule has 0 bridgehead atoms. The lowest BCUT2D eigenvalue weighted by molar-refractivity contribution is 0.0962. The van der Waals surface area contributed by atoms with E-state index in [0.717, 1.165) is 11.6 Å². The van der Waals surface area contributed by atoms with Gasteiger partial charge in [0.25, 0.3) is 5.91 Å². The number of fused-ring (bicyclic) bond motifs is 1. The fourth-order valence-corrected chi connectivity index (χ4v) is 3.75. The van der Waals surface area contributed by atoms with Gasteiger partial charge < -0.3 is 14.8 Å². The van der Waals surface area contributed by atoms with E-state index in [9.17, 15) is 13.6 Å². The number of halogens is 2. The van der Waals surface area contributed by atoms with Crippen LogP contribution in [0.5, 0.6) is 5.88 Å². The van der Waals surface area contributed by atoms with Crippen LogP contribution in [0.3, 0.4) is 0 Å². The third kappa shape index (κ3) is 3.80. The summed E-state index contributed by atoms with van der Waals surface area (Å²) in [4.78, 5) is 16.4. The van der Waals surface area contributed by atoms with Gasteiger partial charge in [-0.25, -0.2) is 18.3 Å². The lowest BCUT2D eigenvalue weighted by Gasteiger charge is -2.15. The number of ether oxygens (including phenoxy) is 2. The van der Waals surface area contributed by atoms with Crippen LogP contribution >= 0.6 is 0 Å². The Morgan fingerprint density at radius 1 is 1.24 bits per heavy atom. The van der Waals surface area contributed by atoms with Crippen molar-refractivity contribution in [1.82, 2.24) is 29.7 Å². The van der Waals surface area contributed by atoms with E-state index in [1.807, 2.05) is 6.20 Å². The molecule has 11 heteroatoms. The summed E-state index contributed by atoms with van der Waals surface area (Å²) in [5, 5.41) is 11.2. The fraction of sp³-hybridized carbons (Fsp3) is 0.273. The van der Waals surface area contributed by atoms with E-state index in [1.54, 1.807) is 24.0 Å². The molecule has 4 heterocycles. The van der Waals surface area contributed by atoms with Gasteiger partial charge in [-0.3, -0.25) is 9.48 Å². The van der Waals surface area contributed by atoms with Crippen molar-refractivity contribution in [3.63, 3.8) is 0 Å². The highest BCUT2D eigenvalue weighted by atomic mass is 19.2. The largest absolute Gasteiger partial charge is 0.470 e. The maximum atomic E-state index is 14.8. The monoisotopic (exact) mass is 454 g/mol. The van der Waals surface area contributed by atoms with Crippen molar-refractivity contribution in [2.24, 2.45) is 7.05 Å². The average Bonchev–Trinajstić information content (AvgIpc) is 3.56. The second-order valence-corrected chi connectivity index (χ2v) is 7.68. The minimum absolute atomic E-state index is 0.0205. The van der Waals surface area contributed by atoms with Crippen LogP contribution in [0.2, 0.25) is 0 Å². The maximum Gasteiger partial charge on any atom is 0.251 e. The molecular weight excluding hydrogens is 434 g/mol. The summed E-state index contributed by atoms with van der Waals surface area (Å²) in [6.45, 7) is 1.01. The zero-order valence-electron chi connectivity index (χ0n) is 17.9. The minimum atomic E-state index is -1.15. The van der Waals surface area contributed by atoms with Gasteiger partial charge in [0.05, 0.1) is 36.9 Å². The van der Waals surface area contributed by atoms with Crippen molar-refractivity contribution < 1.29 is 23.0 Å². The van der Waals surface area contributed by atoms with E-state index in [4.69, 9.17) is 9.47 Å². The third-order valence-corrected chi connectivity index (χ3v) is 5.43. The van der Waals surface area contributed by atoms with Crippen molar-refractivity contribution in [3.8, 4) is 28.3 Å². The van der Waals surface area contributed by atoms with Crippen LogP contribution in [0.1, 0.15) is 16.8 Å². The van der Waals surface area contributed by atoms with E-state index < -0.39 is 17.5 Å². The van der Waals surface area contributed by atoms with Crippen molar-refractivity contribution in [1.29, 1.82) is 0 Å². The van der Waals surface area contributed by atoms with Crippen molar-refractivity contribution in [2.75, 3.05) is 20.3 Å². The molecule has 3 aromatic heterocycles. The van der Waals surface area contributed by atoms with Crippen molar-refractivity contribution in [3.05, 3.63) is 54.0 Å². The van der Waals surface area contributed by atoms with E-state index in [2.05, 4.69) is 20.5 Å². The molecule has 170 valence electrons. The Balaban J connectivity index is 1.68. The number of nitrogens with zero attached hydrogens (tertiary/aromatic N) is 5. The smallest absolute Gasteiger partial charge is 0.251 e. The van der Waals surface area contributed by atoms with Crippen LogP contribution in [-0.2, 0) is 11.8 Å². The van der Waals surface area contributed by atoms with E-state index in [1.165, 1.54) is 23.8 Å². The van der Waals surface area contributed by atoms with Crippen LogP contribution in [0.15, 0.2) is 36.8 Å². The Bertz CT molecular complexity index is 1360. The molecular formula is C22H20F2N6O3. The molecule has 1 amide bonds. The van der Waals surface area contributed by atoms with Crippen LogP contribution < -0.4 is 10.1 Å². The summed E-state index contributed by atoms with van der Waals surface area (Å²) >= 11 is 0. The number of amides is 1. The second kappa shape index (κ2) is 8.24. The Kier molecular flexibility index (Phi) is 5.25. The molecule has 1 fully saturated rings. The lowest BCUT2D eigenvalue weighted by Crippen LogP contribution is -2.18. The zero-order chi connectivity index (χ0) is 23.1. The van der Waals surface area contributed by atoms with E-state index in [-0.39, 0.29) is 28.8 Å². The van der Waals surface area contributed by atoms with Gasteiger partial charge in [0, 0.05) is 43.4 Å². The standard InChI is InChI=1S/C22H20F2N6O3/c1-25-21(31)12-5-16(20(24)17(23)6-12)18-9-26-19-7-15(13-8-27-29(2)10-13)22(28-30(18)19)33-14-3-4-32-11-14/h5-10,14H,3-4,11H2,1-2H3,(H,25,31)/t14-/m0/s1. The summed E-state index contributed by atoms with van der Waals surface area (Å²) in [7, 11) is 3.21. The molecule has 0 unspecified atom stereocenters. The first-order valence-electron chi connectivity index (χ1n) is 10.3. The number of nitrogens with one attached hydrogen (secondary N) is 1. The highest BCUT2D eigenvalue weighted by molar-refractivity contribution is 5.95. The Labute approximate surface area is 186 Å². The van der Waals surface area contributed by atoms with Gasteiger partial charge in [-0.15, -0.1) is 5.10 Å². The van der Waals surface area contributed by atoms with Gasteiger partial charge in [0.1, 0.15) is 6.10 Å². The molecule has 0 saturated carbocycles. The molecule has 0 radical (unpaired) electrons. The quantitative estimate of drug-likeness (QED) is 0.498. The van der Waals surface area contributed by atoms with Gasteiger partial charge in [-0.1, -0.05) is 0 Å².